The Morgan fingerprint density at radius 2 is 2.29 bits per heavy atom. The second-order valence-electron chi connectivity index (χ2n) is 3.42. The maximum atomic E-state index is 11.8. The molecule has 17 heavy (non-hydrogen) atoms. The van der Waals surface area contributed by atoms with Crippen LogP contribution in [0.1, 0.15) is 10.6 Å². The molecule has 1 amide bonds. The van der Waals surface area contributed by atoms with Crippen molar-refractivity contribution in [1.82, 2.24) is 14.6 Å². The molecule has 0 aliphatic carbocycles. The summed E-state index contributed by atoms with van der Waals surface area (Å²) < 4.78 is 6.73. The van der Waals surface area contributed by atoms with E-state index in [4.69, 9.17) is 4.42 Å². The van der Waals surface area contributed by atoms with Gasteiger partial charge >= 0.3 is 0 Å². The van der Waals surface area contributed by atoms with E-state index in [1.165, 1.54) is 6.26 Å². The molecule has 3 heterocycles. The third-order valence-electron chi connectivity index (χ3n) is 2.32. The van der Waals surface area contributed by atoms with E-state index in [0.29, 0.717) is 11.3 Å². The smallest absolute Gasteiger partial charge is 0.291 e. The Kier molecular flexibility index (Phi) is 2.11. The van der Waals surface area contributed by atoms with Crippen molar-refractivity contribution in [3.05, 3.63) is 48.8 Å². The zero-order valence-corrected chi connectivity index (χ0v) is 8.70. The molecule has 0 fully saturated rings. The van der Waals surface area contributed by atoms with Crippen LogP contribution in [0.3, 0.4) is 0 Å². The summed E-state index contributed by atoms with van der Waals surface area (Å²) >= 11 is 0. The van der Waals surface area contributed by atoms with E-state index < -0.39 is 0 Å². The zero-order chi connectivity index (χ0) is 11.7. The quantitative estimate of drug-likeness (QED) is 0.722. The second-order valence-corrected chi connectivity index (χ2v) is 3.42. The molecule has 0 atom stereocenters. The topological polar surface area (TPSA) is 72.4 Å². The molecule has 3 aromatic rings. The molecule has 0 unspecified atom stereocenters. The third kappa shape index (κ3) is 1.65. The zero-order valence-electron chi connectivity index (χ0n) is 8.70. The van der Waals surface area contributed by atoms with E-state index in [-0.39, 0.29) is 11.7 Å². The average molecular weight is 228 g/mol. The van der Waals surface area contributed by atoms with Crippen LogP contribution in [0.2, 0.25) is 0 Å². The summed E-state index contributed by atoms with van der Waals surface area (Å²) in [5.74, 6) is -0.0578. The largest absolute Gasteiger partial charge is 0.459 e. The van der Waals surface area contributed by atoms with Gasteiger partial charge in [0.25, 0.3) is 5.91 Å². The summed E-state index contributed by atoms with van der Waals surface area (Å²) in [7, 11) is 0. The lowest BCUT2D eigenvalue weighted by atomic mass is 10.3. The van der Waals surface area contributed by atoms with Crippen molar-refractivity contribution in [2.45, 2.75) is 0 Å². The van der Waals surface area contributed by atoms with Crippen LogP contribution < -0.4 is 5.32 Å². The Labute approximate surface area is 95.9 Å². The molecule has 0 bridgehead atoms. The van der Waals surface area contributed by atoms with E-state index in [9.17, 15) is 4.79 Å². The molecule has 0 aliphatic heterocycles. The highest BCUT2D eigenvalue weighted by Gasteiger charge is 2.11. The fourth-order valence-electron chi connectivity index (χ4n) is 1.54. The monoisotopic (exact) mass is 228 g/mol. The molecule has 0 saturated carbocycles. The summed E-state index contributed by atoms with van der Waals surface area (Å²) in [6.45, 7) is 0. The first-order valence-corrected chi connectivity index (χ1v) is 4.98. The van der Waals surface area contributed by atoms with E-state index in [1.54, 1.807) is 41.2 Å². The van der Waals surface area contributed by atoms with Crippen LogP contribution in [-0.2, 0) is 0 Å². The molecule has 1 N–H and O–H groups in total. The first-order chi connectivity index (χ1) is 8.34. The number of hydrogen-bond acceptors (Lipinski definition) is 4. The van der Waals surface area contributed by atoms with Crippen molar-refractivity contribution in [2.24, 2.45) is 0 Å². The van der Waals surface area contributed by atoms with Gasteiger partial charge in [-0.3, -0.25) is 9.20 Å². The number of amides is 1. The van der Waals surface area contributed by atoms with Crippen LogP contribution in [0.5, 0.6) is 0 Å². The van der Waals surface area contributed by atoms with Gasteiger partial charge in [-0.2, -0.15) is 0 Å². The Hall–Kier alpha value is -2.63. The summed E-state index contributed by atoms with van der Waals surface area (Å²) in [5.41, 5.74) is 1.18. The van der Waals surface area contributed by atoms with Crippen molar-refractivity contribution in [3.8, 4) is 0 Å². The lowest BCUT2D eigenvalue weighted by molar-refractivity contribution is 0.0997. The molecule has 0 aliphatic rings. The minimum absolute atomic E-state index is 0.256. The number of carbonyl (C=O) groups is 1. The van der Waals surface area contributed by atoms with Crippen LogP contribution in [0.4, 0.5) is 5.69 Å². The predicted molar refractivity (Wildman–Crippen MR) is 59.6 cm³/mol. The van der Waals surface area contributed by atoms with Gasteiger partial charge < -0.3 is 9.73 Å². The highest BCUT2D eigenvalue weighted by Crippen LogP contribution is 2.14. The van der Waals surface area contributed by atoms with E-state index in [1.807, 2.05) is 0 Å². The van der Waals surface area contributed by atoms with E-state index in [2.05, 4.69) is 15.5 Å². The number of furan rings is 1. The van der Waals surface area contributed by atoms with Crippen molar-refractivity contribution >= 4 is 17.2 Å². The first-order valence-electron chi connectivity index (χ1n) is 4.98. The molecule has 6 heteroatoms. The normalized spacial score (nSPS) is 10.6. The number of fused-ring (bicyclic) bond motifs is 1. The lowest BCUT2D eigenvalue weighted by Crippen LogP contribution is -2.11. The van der Waals surface area contributed by atoms with Crippen LogP contribution in [0, 0.1) is 0 Å². The number of hydrogen-bond donors (Lipinski definition) is 1. The second kappa shape index (κ2) is 3.75. The first kappa shape index (κ1) is 9.59. The molecule has 84 valence electrons. The standard InChI is InChI=1S/C11H8N4O2/c16-11(9-4-2-6-17-9)13-8-3-1-5-15-7-12-14-10(8)15/h1-7H,(H,13,16). The summed E-state index contributed by atoms with van der Waals surface area (Å²) in [4.78, 5) is 11.8. The highest BCUT2D eigenvalue weighted by atomic mass is 16.3. The maximum absolute atomic E-state index is 11.8. The third-order valence-corrected chi connectivity index (χ3v) is 2.32. The Bertz CT molecular complexity index is 657. The molecule has 3 aromatic heterocycles. The van der Waals surface area contributed by atoms with Crippen molar-refractivity contribution < 1.29 is 9.21 Å². The molecular weight excluding hydrogens is 220 g/mol. The number of rotatable bonds is 2. The number of carbonyl (C=O) groups excluding carboxylic acids is 1. The lowest BCUT2D eigenvalue weighted by Gasteiger charge is -2.03. The summed E-state index contributed by atoms with van der Waals surface area (Å²) in [6.07, 6.45) is 4.82. The predicted octanol–water partition coefficient (Wildman–Crippen LogP) is 1.57. The Morgan fingerprint density at radius 3 is 3.12 bits per heavy atom. The molecule has 0 spiro atoms. The van der Waals surface area contributed by atoms with Gasteiger partial charge in [0.15, 0.2) is 11.4 Å². The fraction of sp³-hybridized carbons (Fsp3) is 0. The van der Waals surface area contributed by atoms with E-state index in [0.717, 1.165) is 0 Å². The summed E-state index contributed by atoms with van der Waals surface area (Å²) in [5, 5.41) is 10.4. The van der Waals surface area contributed by atoms with Crippen LogP contribution in [0.25, 0.3) is 5.65 Å². The molecule has 0 radical (unpaired) electrons. The van der Waals surface area contributed by atoms with E-state index >= 15 is 0 Å². The maximum Gasteiger partial charge on any atom is 0.291 e. The fourth-order valence-corrected chi connectivity index (χ4v) is 1.54. The molecule has 6 nitrogen and oxygen atoms in total. The van der Waals surface area contributed by atoms with Gasteiger partial charge in [0.1, 0.15) is 6.33 Å². The number of nitrogens with zero attached hydrogens (tertiary/aromatic N) is 3. The number of anilines is 1. The SMILES string of the molecule is O=C(Nc1cccn2cnnc12)c1ccco1. The highest BCUT2D eigenvalue weighted by molar-refractivity contribution is 6.04. The van der Waals surface area contributed by atoms with Gasteiger partial charge in [0.2, 0.25) is 0 Å². The Morgan fingerprint density at radius 1 is 1.35 bits per heavy atom. The Balaban J connectivity index is 1.95. The molecular formula is C11H8N4O2. The molecule has 3 rings (SSSR count). The minimum atomic E-state index is -0.314. The van der Waals surface area contributed by atoms with Gasteiger partial charge in [-0.15, -0.1) is 10.2 Å². The number of pyridine rings is 1. The van der Waals surface area contributed by atoms with Crippen molar-refractivity contribution in [1.29, 1.82) is 0 Å². The average Bonchev–Trinajstić information content (AvgIpc) is 3.00. The molecule has 0 saturated heterocycles. The van der Waals surface area contributed by atoms with Gasteiger partial charge in [-0.1, -0.05) is 0 Å². The van der Waals surface area contributed by atoms with Crippen LogP contribution in [0.15, 0.2) is 47.5 Å². The minimum Gasteiger partial charge on any atom is -0.459 e. The van der Waals surface area contributed by atoms with Crippen LogP contribution in [-0.4, -0.2) is 20.5 Å². The van der Waals surface area contributed by atoms with Crippen molar-refractivity contribution in [3.63, 3.8) is 0 Å². The summed E-state index contributed by atoms with van der Waals surface area (Å²) in [6, 6.07) is 6.81. The number of aromatic nitrogens is 3. The van der Waals surface area contributed by atoms with Gasteiger partial charge in [-0.05, 0) is 24.3 Å². The van der Waals surface area contributed by atoms with Gasteiger partial charge in [0, 0.05) is 6.20 Å². The van der Waals surface area contributed by atoms with Gasteiger partial charge in [-0.25, -0.2) is 0 Å². The van der Waals surface area contributed by atoms with Crippen molar-refractivity contribution in [2.75, 3.05) is 5.32 Å². The number of nitrogens with one attached hydrogen (secondary N) is 1. The van der Waals surface area contributed by atoms with Crippen LogP contribution >= 0.6 is 0 Å². The molecule has 0 aromatic carbocycles. The van der Waals surface area contributed by atoms with Gasteiger partial charge in [0.05, 0.1) is 12.0 Å².